The van der Waals surface area contributed by atoms with Crippen LogP contribution in [-0.2, 0) is 11.3 Å². The lowest BCUT2D eigenvalue weighted by Gasteiger charge is -2.06. The monoisotopic (exact) mass is 284 g/mol. The van der Waals surface area contributed by atoms with Crippen LogP contribution in [0, 0.1) is 0 Å². The number of amides is 1. The van der Waals surface area contributed by atoms with Crippen LogP contribution in [0.5, 0.6) is 0 Å². The fourth-order valence-corrected chi connectivity index (χ4v) is 1.74. The molecule has 0 fully saturated rings. The second kappa shape index (κ2) is 7.41. The van der Waals surface area contributed by atoms with Crippen molar-refractivity contribution in [1.29, 1.82) is 0 Å². The Bertz CT molecular complexity index is 342. The molecule has 0 atom stereocenters. The van der Waals surface area contributed by atoms with Crippen molar-refractivity contribution in [3.63, 3.8) is 0 Å². The fraction of sp³-hybridized carbons (Fsp3) is 0.417. The van der Waals surface area contributed by atoms with Crippen molar-refractivity contribution in [1.82, 2.24) is 10.6 Å². The zero-order valence-corrected chi connectivity index (χ0v) is 11.0. The van der Waals surface area contributed by atoms with E-state index in [1.807, 2.05) is 24.3 Å². The molecule has 0 spiro atoms. The summed E-state index contributed by atoms with van der Waals surface area (Å²) in [5, 5.41) is 5.92. The molecule has 0 unspecified atom stereocenters. The third kappa shape index (κ3) is 5.28. The number of halogens is 1. The van der Waals surface area contributed by atoms with Crippen LogP contribution in [0.4, 0.5) is 0 Å². The van der Waals surface area contributed by atoms with E-state index >= 15 is 0 Å². The van der Waals surface area contributed by atoms with Crippen LogP contribution in [0.25, 0.3) is 0 Å². The molecule has 0 saturated heterocycles. The number of nitrogens with one attached hydrogen (secondary N) is 2. The van der Waals surface area contributed by atoms with Gasteiger partial charge in [0.25, 0.3) is 0 Å². The molecule has 0 aliphatic rings. The Balaban J connectivity index is 2.26. The summed E-state index contributed by atoms with van der Waals surface area (Å²) in [5.74, 6) is 0.0356. The topological polar surface area (TPSA) is 41.1 Å². The predicted molar refractivity (Wildman–Crippen MR) is 69.1 cm³/mol. The van der Waals surface area contributed by atoms with Crippen molar-refractivity contribution >= 4 is 21.8 Å². The van der Waals surface area contributed by atoms with Gasteiger partial charge in [-0.1, -0.05) is 35.0 Å². The number of carbonyl (C=O) groups is 1. The lowest BCUT2D eigenvalue weighted by molar-refractivity contribution is -0.120. The molecule has 1 aromatic rings. The standard InChI is InChI=1S/C12H17BrN2O/c1-2-6-14-9-12(16)15-8-10-4-3-5-11(13)7-10/h3-5,7,14H,2,6,8-9H2,1H3,(H,15,16). The highest BCUT2D eigenvalue weighted by Crippen LogP contribution is 2.11. The van der Waals surface area contributed by atoms with E-state index in [0.29, 0.717) is 13.1 Å². The fourth-order valence-electron chi connectivity index (χ4n) is 1.29. The molecule has 1 amide bonds. The quantitative estimate of drug-likeness (QED) is 0.786. The molecule has 0 aliphatic heterocycles. The summed E-state index contributed by atoms with van der Waals surface area (Å²) in [4.78, 5) is 11.4. The number of hydrogen-bond acceptors (Lipinski definition) is 2. The molecule has 88 valence electrons. The Kier molecular flexibility index (Phi) is 6.11. The molecule has 2 N–H and O–H groups in total. The lowest BCUT2D eigenvalue weighted by Crippen LogP contribution is -2.33. The second-order valence-electron chi connectivity index (χ2n) is 3.58. The van der Waals surface area contributed by atoms with E-state index in [2.05, 4.69) is 33.5 Å². The maximum atomic E-state index is 11.4. The highest BCUT2D eigenvalue weighted by molar-refractivity contribution is 9.10. The molecule has 0 aliphatic carbocycles. The van der Waals surface area contributed by atoms with E-state index in [4.69, 9.17) is 0 Å². The van der Waals surface area contributed by atoms with Gasteiger partial charge in [0.1, 0.15) is 0 Å². The summed E-state index contributed by atoms with van der Waals surface area (Å²) in [6, 6.07) is 7.92. The van der Waals surface area contributed by atoms with Crippen molar-refractivity contribution in [3.05, 3.63) is 34.3 Å². The van der Waals surface area contributed by atoms with Crippen molar-refractivity contribution in [2.24, 2.45) is 0 Å². The van der Waals surface area contributed by atoms with E-state index < -0.39 is 0 Å². The van der Waals surface area contributed by atoms with Gasteiger partial charge in [0, 0.05) is 11.0 Å². The Morgan fingerprint density at radius 1 is 1.44 bits per heavy atom. The van der Waals surface area contributed by atoms with E-state index in [1.54, 1.807) is 0 Å². The predicted octanol–water partition coefficient (Wildman–Crippen LogP) is 2.06. The van der Waals surface area contributed by atoms with Crippen LogP contribution in [0.3, 0.4) is 0 Å². The summed E-state index contributed by atoms with van der Waals surface area (Å²) in [6.45, 7) is 3.92. The summed E-state index contributed by atoms with van der Waals surface area (Å²) in [5.41, 5.74) is 1.10. The molecule has 0 aromatic heterocycles. The normalized spacial score (nSPS) is 10.1. The third-order valence-electron chi connectivity index (χ3n) is 2.09. The zero-order chi connectivity index (χ0) is 11.8. The van der Waals surface area contributed by atoms with E-state index in [0.717, 1.165) is 23.0 Å². The summed E-state index contributed by atoms with van der Waals surface area (Å²) >= 11 is 3.40. The van der Waals surface area contributed by atoms with E-state index in [9.17, 15) is 4.79 Å². The molecule has 0 heterocycles. The number of hydrogen-bond donors (Lipinski definition) is 2. The van der Waals surface area contributed by atoms with Crippen LogP contribution < -0.4 is 10.6 Å². The summed E-state index contributed by atoms with van der Waals surface area (Å²) < 4.78 is 1.03. The van der Waals surface area contributed by atoms with Gasteiger partial charge >= 0.3 is 0 Å². The molecule has 0 radical (unpaired) electrons. The van der Waals surface area contributed by atoms with Gasteiger partial charge in [-0.05, 0) is 30.7 Å². The smallest absolute Gasteiger partial charge is 0.234 e. The third-order valence-corrected chi connectivity index (χ3v) is 2.58. The van der Waals surface area contributed by atoms with E-state index in [-0.39, 0.29) is 5.91 Å². The molecular weight excluding hydrogens is 268 g/mol. The van der Waals surface area contributed by atoms with E-state index in [1.165, 1.54) is 0 Å². The van der Waals surface area contributed by atoms with Crippen LogP contribution in [-0.4, -0.2) is 19.0 Å². The van der Waals surface area contributed by atoms with Gasteiger partial charge in [-0.15, -0.1) is 0 Å². The van der Waals surface area contributed by atoms with Gasteiger partial charge in [-0.25, -0.2) is 0 Å². The zero-order valence-electron chi connectivity index (χ0n) is 9.42. The first kappa shape index (κ1) is 13.2. The van der Waals surface area contributed by atoms with Crippen LogP contribution in [0.1, 0.15) is 18.9 Å². The number of benzene rings is 1. The first-order chi connectivity index (χ1) is 7.72. The largest absolute Gasteiger partial charge is 0.351 e. The average molecular weight is 285 g/mol. The maximum absolute atomic E-state index is 11.4. The van der Waals surface area contributed by atoms with Gasteiger partial charge < -0.3 is 10.6 Å². The van der Waals surface area contributed by atoms with Gasteiger partial charge in [0.05, 0.1) is 6.54 Å². The Labute approximate surface area is 105 Å². The average Bonchev–Trinajstić information content (AvgIpc) is 2.27. The minimum absolute atomic E-state index is 0.0356. The molecule has 1 aromatic carbocycles. The van der Waals surface area contributed by atoms with Gasteiger partial charge in [0.2, 0.25) is 5.91 Å². The minimum Gasteiger partial charge on any atom is -0.351 e. The molecule has 3 nitrogen and oxygen atoms in total. The maximum Gasteiger partial charge on any atom is 0.234 e. The molecular formula is C12H17BrN2O. The Morgan fingerprint density at radius 2 is 2.25 bits per heavy atom. The van der Waals surface area contributed by atoms with Crippen molar-refractivity contribution in [2.75, 3.05) is 13.1 Å². The molecule has 4 heteroatoms. The molecule has 0 saturated carbocycles. The summed E-state index contributed by atoms with van der Waals surface area (Å²) in [6.07, 6.45) is 1.04. The van der Waals surface area contributed by atoms with Crippen LogP contribution in [0.15, 0.2) is 28.7 Å². The number of rotatable bonds is 6. The first-order valence-corrected chi connectivity index (χ1v) is 6.23. The van der Waals surface area contributed by atoms with Gasteiger partial charge in [0.15, 0.2) is 0 Å². The van der Waals surface area contributed by atoms with Gasteiger partial charge in [-0.3, -0.25) is 4.79 Å². The molecule has 1 rings (SSSR count). The van der Waals surface area contributed by atoms with Crippen molar-refractivity contribution in [2.45, 2.75) is 19.9 Å². The van der Waals surface area contributed by atoms with Crippen molar-refractivity contribution < 1.29 is 4.79 Å². The lowest BCUT2D eigenvalue weighted by atomic mass is 10.2. The second-order valence-corrected chi connectivity index (χ2v) is 4.50. The van der Waals surface area contributed by atoms with Gasteiger partial charge in [-0.2, -0.15) is 0 Å². The Hall–Kier alpha value is -0.870. The number of carbonyl (C=O) groups excluding carboxylic acids is 1. The molecule has 0 bridgehead atoms. The van der Waals surface area contributed by atoms with Crippen molar-refractivity contribution in [3.8, 4) is 0 Å². The Morgan fingerprint density at radius 3 is 2.94 bits per heavy atom. The SMILES string of the molecule is CCCNCC(=O)NCc1cccc(Br)c1. The molecule has 16 heavy (non-hydrogen) atoms. The van der Waals surface area contributed by atoms with Crippen LogP contribution >= 0.6 is 15.9 Å². The summed E-state index contributed by atoms with van der Waals surface area (Å²) in [7, 11) is 0. The minimum atomic E-state index is 0.0356. The highest BCUT2D eigenvalue weighted by atomic mass is 79.9. The first-order valence-electron chi connectivity index (χ1n) is 5.44. The van der Waals surface area contributed by atoms with Crippen LogP contribution in [0.2, 0.25) is 0 Å². The highest BCUT2D eigenvalue weighted by Gasteiger charge is 2.00.